The molecule has 0 heterocycles. The van der Waals surface area contributed by atoms with Gasteiger partial charge in [-0.3, -0.25) is 0 Å². The Balaban J connectivity index is 2.56. The molecule has 0 aliphatic rings. The van der Waals surface area contributed by atoms with Gasteiger partial charge in [-0.1, -0.05) is 64.7 Å². The minimum absolute atomic E-state index is 0.344. The molecule has 26 heavy (non-hydrogen) atoms. The highest BCUT2D eigenvalue weighted by atomic mass is 16.5. The number of ether oxygens (including phenoxy) is 2. The summed E-state index contributed by atoms with van der Waals surface area (Å²) < 4.78 is 10.8. The van der Waals surface area contributed by atoms with Crippen molar-refractivity contribution in [3.8, 4) is 5.75 Å². The molecule has 0 aromatic heterocycles. The predicted octanol–water partition coefficient (Wildman–Crippen LogP) is 6.20. The van der Waals surface area contributed by atoms with E-state index in [2.05, 4.69) is 26.5 Å². The summed E-state index contributed by atoms with van der Waals surface area (Å²) in [6, 6.07) is 6.05. The van der Waals surface area contributed by atoms with Crippen LogP contribution in [0.25, 0.3) is 5.57 Å². The maximum Gasteiger partial charge on any atom is 0.338 e. The van der Waals surface area contributed by atoms with Crippen LogP contribution < -0.4 is 4.74 Å². The fourth-order valence-corrected chi connectivity index (χ4v) is 2.99. The zero-order chi connectivity index (χ0) is 19.4. The van der Waals surface area contributed by atoms with Gasteiger partial charge in [0, 0.05) is 5.56 Å². The highest BCUT2D eigenvalue weighted by molar-refractivity contribution is 6.16. The second kappa shape index (κ2) is 12.6. The molecule has 0 radical (unpaired) electrons. The van der Waals surface area contributed by atoms with Gasteiger partial charge in [-0.05, 0) is 44.2 Å². The lowest BCUT2D eigenvalue weighted by molar-refractivity contribution is -0.136. The number of benzene rings is 1. The van der Waals surface area contributed by atoms with Crippen molar-refractivity contribution in [2.24, 2.45) is 5.92 Å². The normalized spacial score (nSPS) is 10.8. The van der Waals surface area contributed by atoms with Gasteiger partial charge in [0.25, 0.3) is 0 Å². The molecular weight excluding hydrogens is 324 g/mol. The summed E-state index contributed by atoms with van der Waals surface area (Å²) in [5.74, 6) is 1.15. The number of rotatable bonds is 13. The van der Waals surface area contributed by atoms with Gasteiger partial charge in [0.15, 0.2) is 0 Å². The number of carbonyl (C=O) groups excluding carboxylic acids is 1. The molecule has 1 aromatic rings. The van der Waals surface area contributed by atoms with Gasteiger partial charge in [-0.2, -0.15) is 0 Å². The van der Waals surface area contributed by atoms with E-state index in [1.54, 1.807) is 6.92 Å². The Hall–Kier alpha value is -1.77. The zero-order valence-corrected chi connectivity index (χ0v) is 17.1. The lowest BCUT2D eigenvalue weighted by Crippen LogP contribution is -2.08. The first-order chi connectivity index (χ1) is 12.5. The first-order valence-corrected chi connectivity index (χ1v) is 10.1. The predicted molar refractivity (Wildman–Crippen MR) is 110 cm³/mol. The van der Waals surface area contributed by atoms with Crippen molar-refractivity contribution < 1.29 is 14.3 Å². The molecule has 0 spiro atoms. The highest BCUT2D eigenvalue weighted by Gasteiger charge is 2.15. The monoisotopic (exact) mass is 360 g/mol. The third kappa shape index (κ3) is 8.07. The topological polar surface area (TPSA) is 35.5 Å². The van der Waals surface area contributed by atoms with Crippen LogP contribution in [0.2, 0.25) is 0 Å². The van der Waals surface area contributed by atoms with Crippen LogP contribution in [0.5, 0.6) is 5.75 Å². The minimum Gasteiger partial charge on any atom is -0.493 e. The molecule has 0 unspecified atom stereocenters. The molecule has 0 saturated carbocycles. The maximum atomic E-state index is 11.9. The first-order valence-electron chi connectivity index (χ1n) is 10.1. The van der Waals surface area contributed by atoms with Crippen LogP contribution in [-0.4, -0.2) is 19.2 Å². The van der Waals surface area contributed by atoms with Gasteiger partial charge in [-0.25, -0.2) is 4.79 Å². The molecule has 3 heteroatoms. The van der Waals surface area contributed by atoms with Crippen molar-refractivity contribution in [2.75, 3.05) is 13.2 Å². The van der Waals surface area contributed by atoms with Crippen LogP contribution in [-0.2, 0) is 16.0 Å². The van der Waals surface area contributed by atoms with Gasteiger partial charge < -0.3 is 9.47 Å². The molecule has 0 aliphatic heterocycles. The molecule has 146 valence electrons. The molecular formula is C23H36O3. The van der Waals surface area contributed by atoms with Gasteiger partial charge in [-0.15, -0.1) is 0 Å². The smallest absolute Gasteiger partial charge is 0.338 e. The van der Waals surface area contributed by atoms with E-state index in [0.717, 1.165) is 23.7 Å². The van der Waals surface area contributed by atoms with Crippen LogP contribution in [0.1, 0.15) is 77.3 Å². The molecule has 0 amide bonds. The molecule has 0 fully saturated rings. The SMILES string of the molecule is C=C(C(=O)OCC)c1ccc(CCCCCCCC(C)C)cc1OCC. The summed E-state index contributed by atoms with van der Waals surface area (Å²) in [6.45, 7) is 13.1. The molecule has 0 atom stereocenters. The average molecular weight is 361 g/mol. The molecule has 1 aromatic carbocycles. The third-order valence-corrected chi connectivity index (χ3v) is 4.44. The van der Waals surface area contributed by atoms with Crippen molar-refractivity contribution in [1.82, 2.24) is 0 Å². The summed E-state index contributed by atoms with van der Waals surface area (Å²) >= 11 is 0. The molecule has 0 N–H and O–H groups in total. The Morgan fingerprint density at radius 1 is 1.04 bits per heavy atom. The summed E-state index contributed by atoms with van der Waals surface area (Å²) in [5, 5.41) is 0. The molecule has 0 bridgehead atoms. The van der Waals surface area contributed by atoms with Crippen LogP contribution in [0, 0.1) is 5.92 Å². The number of unbranched alkanes of at least 4 members (excludes halogenated alkanes) is 4. The fourth-order valence-electron chi connectivity index (χ4n) is 2.99. The van der Waals surface area contributed by atoms with Gasteiger partial charge in [0.1, 0.15) is 5.75 Å². The Labute approximate surface area is 159 Å². The Morgan fingerprint density at radius 2 is 1.73 bits per heavy atom. The molecule has 3 nitrogen and oxygen atoms in total. The zero-order valence-electron chi connectivity index (χ0n) is 17.1. The Bertz CT molecular complexity index is 561. The van der Waals surface area contributed by atoms with E-state index >= 15 is 0 Å². The Morgan fingerprint density at radius 3 is 2.38 bits per heavy atom. The number of esters is 1. The van der Waals surface area contributed by atoms with E-state index in [1.807, 2.05) is 19.1 Å². The summed E-state index contributed by atoms with van der Waals surface area (Å²) in [4.78, 5) is 11.9. The largest absolute Gasteiger partial charge is 0.493 e. The average Bonchev–Trinajstić information content (AvgIpc) is 2.61. The maximum absolute atomic E-state index is 11.9. The summed E-state index contributed by atoms with van der Waals surface area (Å²) in [5.41, 5.74) is 2.32. The van der Waals surface area contributed by atoms with E-state index in [-0.39, 0.29) is 5.97 Å². The quantitative estimate of drug-likeness (QED) is 0.239. The second-order valence-corrected chi connectivity index (χ2v) is 7.16. The number of aryl methyl sites for hydroxylation is 1. The lowest BCUT2D eigenvalue weighted by Gasteiger charge is -2.13. The molecule has 1 rings (SSSR count). The van der Waals surface area contributed by atoms with Gasteiger partial charge >= 0.3 is 5.97 Å². The molecule has 0 aliphatic carbocycles. The van der Waals surface area contributed by atoms with Crippen LogP contribution in [0.4, 0.5) is 0 Å². The van der Waals surface area contributed by atoms with Crippen LogP contribution in [0.3, 0.4) is 0 Å². The number of carbonyl (C=O) groups is 1. The minimum atomic E-state index is -0.386. The fraction of sp³-hybridized carbons (Fsp3) is 0.609. The van der Waals surface area contributed by atoms with Crippen LogP contribution in [0.15, 0.2) is 24.8 Å². The lowest BCUT2D eigenvalue weighted by atomic mass is 9.99. The number of hydrogen-bond donors (Lipinski definition) is 0. The van der Waals surface area contributed by atoms with Gasteiger partial charge in [0.05, 0.1) is 18.8 Å². The summed E-state index contributed by atoms with van der Waals surface area (Å²) in [7, 11) is 0. The highest BCUT2D eigenvalue weighted by Crippen LogP contribution is 2.28. The van der Waals surface area contributed by atoms with E-state index in [9.17, 15) is 4.79 Å². The first kappa shape index (κ1) is 22.3. The van der Waals surface area contributed by atoms with E-state index in [4.69, 9.17) is 9.47 Å². The van der Waals surface area contributed by atoms with E-state index < -0.39 is 0 Å². The third-order valence-electron chi connectivity index (χ3n) is 4.44. The second-order valence-electron chi connectivity index (χ2n) is 7.16. The summed E-state index contributed by atoms with van der Waals surface area (Å²) in [6.07, 6.45) is 8.81. The van der Waals surface area contributed by atoms with E-state index in [1.165, 1.54) is 44.1 Å². The Kier molecular flexibility index (Phi) is 10.8. The van der Waals surface area contributed by atoms with E-state index in [0.29, 0.717) is 18.8 Å². The van der Waals surface area contributed by atoms with Crippen molar-refractivity contribution in [3.63, 3.8) is 0 Å². The van der Waals surface area contributed by atoms with Crippen molar-refractivity contribution in [2.45, 2.75) is 72.6 Å². The van der Waals surface area contributed by atoms with Crippen molar-refractivity contribution >= 4 is 11.5 Å². The van der Waals surface area contributed by atoms with Crippen molar-refractivity contribution in [3.05, 3.63) is 35.9 Å². The van der Waals surface area contributed by atoms with Gasteiger partial charge in [0.2, 0.25) is 0 Å². The standard InChI is InChI=1S/C23H36O3/c1-6-25-22-17-20(14-12-10-8-9-11-13-18(3)4)15-16-21(22)19(5)23(24)26-7-2/h15-18H,5-14H2,1-4H3. The number of hydrogen-bond acceptors (Lipinski definition) is 3. The molecule has 0 saturated heterocycles. The van der Waals surface area contributed by atoms with Crippen molar-refractivity contribution in [1.29, 1.82) is 0 Å². The van der Waals surface area contributed by atoms with Crippen LogP contribution >= 0.6 is 0 Å².